The summed E-state index contributed by atoms with van der Waals surface area (Å²) in [4.78, 5) is 28.2. The Morgan fingerprint density at radius 2 is 2.10 bits per heavy atom. The Morgan fingerprint density at radius 1 is 1.35 bits per heavy atom. The lowest BCUT2D eigenvalue weighted by Crippen LogP contribution is -2.35. The zero-order valence-electron chi connectivity index (χ0n) is 11.3. The number of likely N-dealkylation sites (N-methyl/N-ethyl adjacent to an activating group) is 1. The first kappa shape index (κ1) is 16.1. The molecular formula is C13H17ClN4O2. The van der Waals surface area contributed by atoms with Crippen molar-refractivity contribution in [3.8, 4) is 0 Å². The van der Waals surface area contributed by atoms with Crippen molar-refractivity contribution in [2.24, 2.45) is 0 Å². The van der Waals surface area contributed by atoms with Crippen molar-refractivity contribution in [1.29, 1.82) is 0 Å². The SMILES string of the molecule is CNCCNC(=O)c1cnc2ccc(C)cn2c1=O.Cl. The van der Waals surface area contributed by atoms with Gasteiger partial charge in [0, 0.05) is 25.5 Å². The van der Waals surface area contributed by atoms with Gasteiger partial charge in [-0.2, -0.15) is 0 Å². The molecule has 2 heterocycles. The lowest BCUT2D eigenvalue weighted by Gasteiger charge is -2.06. The van der Waals surface area contributed by atoms with Gasteiger partial charge in [-0.3, -0.25) is 14.0 Å². The average Bonchev–Trinajstić information content (AvgIpc) is 2.40. The summed E-state index contributed by atoms with van der Waals surface area (Å²) in [7, 11) is 1.79. The molecule has 2 rings (SSSR count). The zero-order valence-corrected chi connectivity index (χ0v) is 12.2. The van der Waals surface area contributed by atoms with Crippen LogP contribution in [0, 0.1) is 6.92 Å². The van der Waals surface area contributed by atoms with Crippen LogP contribution < -0.4 is 16.2 Å². The van der Waals surface area contributed by atoms with Crippen molar-refractivity contribution in [1.82, 2.24) is 20.0 Å². The van der Waals surface area contributed by atoms with Gasteiger partial charge in [-0.05, 0) is 25.6 Å². The van der Waals surface area contributed by atoms with Crippen molar-refractivity contribution in [3.63, 3.8) is 0 Å². The topological polar surface area (TPSA) is 75.5 Å². The molecule has 0 saturated carbocycles. The molecule has 6 nitrogen and oxygen atoms in total. The van der Waals surface area contributed by atoms with Gasteiger partial charge in [0.05, 0.1) is 0 Å². The molecule has 0 aliphatic heterocycles. The molecule has 2 N–H and O–H groups in total. The van der Waals surface area contributed by atoms with E-state index in [-0.39, 0.29) is 23.5 Å². The Hall–Kier alpha value is -1.92. The quantitative estimate of drug-likeness (QED) is 0.800. The number of pyridine rings is 1. The maximum Gasteiger partial charge on any atom is 0.270 e. The van der Waals surface area contributed by atoms with Gasteiger partial charge in [0.15, 0.2) is 0 Å². The maximum atomic E-state index is 12.2. The number of carbonyl (C=O) groups is 1. The van der Waals surface area contributed by atoms with Crippen LogP contribution in [-0.4, -0.2) is 35.4 Å². The number of nitrogens with one attached hydrogen (secondary N) is 2. The smallest absolute Gasteiger partial charge is 0.270 e. The van der Waals surface area contributed by atoms with Crippen molar-refractivity contribution >= 4 is 24.0 Å². The second-order valence-electron chi connectivity index (χ2n) is 4.27. The van der Waals surface area contributed by atoms with E-state index in [9.17, 15) is 9.59 Å². The highest BCUT2D eigenvalue weighted by Crippen LogP contribution is 2.01. The molecule has 0 atom stereocenters. The Balaban J connectivity index is 0.00000200. The first-order chi connectivity index (χ1) is 9.13. The minimum atomic E-state index is -0.399. The lowest BCUT2D eigenvalue weighted by atomic mass is 10.2. The molecule has 2 aromatic heterocycles. The van der Waals surface area contributed by atoms with Crippen LogP contribution in [0.2, 0.25) is 0 Å². The first-order valence-electron chi connectivity index (χ1n) is 6.04. The molecule has 2 aromatic rings. The molecule has 20 heavy (non-hydrogen) atoms. The summed E-state index contributed by atoms with van der Waals surface area (Å²) in [6.07, 6.45) is 3.00. The Bertz CT molecular complexity index is 669. The molecule has 7 heteroatoms. The summed E-state index contributed by atoms with van der Waals surface area (Å²) >= 11 is 0. The Labute approximate surface area is 122 Å². The molecule has 0 unspecified atom stereocenters. The number of carbonyl (C=O) groups excluding carboxylic acids is 1. The minimum absolute atomic E-state index is 0. The predicted octanol–water partition coefficient (Wildman–Crippen LogP) is 0.374. The van der Waals surface area contributed by atoms with Gasteiger partial charge in [0.1, 0.15) is 11.2 Å². The molecular weight excluding hydrogens is 280 g/mol. The van der Waals surface area contributed by atoms with E-state index >= 15 is 0 Å². The van der Waals surface area contributed by atoms with Crippen LogP contribution >= 0.6 is 12.4 Å². The molecule has 0 bridgehead atoms. The van der Waals surface area contributed by atoms with Crippen LogP contribution in [0.1, 0.15) is 15.9 Å². The molecule has 108 valence electrons. The number of nitrogens with zero attached hydrogens (tertiary/aromatic N) is 2. The van der Waals surface area contributed by atoms with Gasteiger partial charge in [-0.1, -0.05) is 6.07 Å². The molecule has 0 spiro atoms. The Morgan fingerprint density at radius 3 is 2.80 bits per heavy atom. The van der Waals surface area contributed by atoms with E-state index in [0.717, 1.165) is 5.56 Å². The molecule has 0 aliphatic rings. The van der Waals surface area contributed by atoms with Crippen LogP contribution in [0.3, 0.4) is 0 Å². The third-order valence-electron chi connectivity index (χ3n) is 2.76. The van der Waals surface area contributed by atoms with Gasteiger partial charge in [-0.15, -0.1) is 12.4 Å². The van der Waals surface area contributed by atoms with Crippen molar-refractivity contribution in [3.05, 3.63) is 46.0 Å². The Kier molecular flexibility index (Phi) is 5.66. The maximum absolute atomic E-state index is 12.2. The monoisotopic (exact) mass is 296 g/mol. The summed E-state index contributed by atoms with van der Waals surface area (Å²) in [6, 6.07) is 3.62. The number of hydrogen-bond donors (Lipinski definition) is 2. The fourth-order valence-electron chi connectivity index (χ4n) is 1.73. The predicted molar refractivity (Wildman–Crippen MR) is 79.7 cm³/mol. The van der Waals surface area contributed by atoms with Gasteiger partial charge in [0.25, 0.3) is 11.5 Å². The average molecular weight is 297 g/mol. The number of aromatic nitrogens is 2. The highest BCUT2D eigenvalue weighted by Gasteiger charge is 2.12. The van der Waals surface area contributed by atoms with E-state index in [4.69, 9.17) is 0 Å². The fraction of sp³-hybridized carbons (Fsp3) is 0.308. The number of halogens is 1. The van der Waals surface area contributed by atoms with Crippen LogP contribution in [0.25, 0.3) is 5.65 Å². The third kappa shape index (κ3) is 3.34. The highest BCUT2D eigenvalue weighted by atomic mass is 35.5. The minimum Gasteiger partial charge on any atom is -0.351 e. The normalized spacial score (nSPS) is 10.1. The summed E-state index contributed by atoms with van der Waals surface area (Å²) in [5.74, 6) is -0.399. The number of rotatable bonds is 4. The van der Waals surface area contributed by atoms with E-state index in [1.165, 1.54) is 10.6 Å². The van der Waals surface area contributed by atoms with Crippen molar-refractivity contribution in [2.75, 3.05) is 20.1 Å². The number of fused-ring (bicyclic) bond motifs is 1. The molecule has 0 fully saturated rings. The van der Waals surface area contributed by atoms with E-state index in [2.05, 4.69) is 15.6 Å². The zero-order chi connectivity index (χ0) is 13.8. The summed E-state index contributed by atoms with van der Waals surface area (Å²) in [6.45, 7) is 2.99. The number of hydrogen-bond acceptors (Lipinski definition) is 4. The summed E-state index contributed by atoms with van der Waals surface area (Å²) in [5, 5.41) is 5.58. The lowest BCUT2D eigenvalue weighted by molar-refractivity contribution is 0.0952. The number of amides is 1. The third-order valence-corrected chi connectivity index (χ3v) is 2.76. The standard InChI is InChI=1S/C13H16N4O2.ClH/c1-9-3-4-11-16-7-10(13(19)17(11)8-9)12(18)15-6-5-14-2;/h3-4,7-8,14H,5-6H2,1-2H3,(H,15,18);1H. The van der Waals surface area contributed by atoms with Crippen LogP contribution in [0.5, 0.6) is 0 Å². The van der Waals surface area contributed by atoms with Crippen molar-refractivity contribution < 1.29 is 4.79 Å². The molecule has 0 aromatic carbocycles. The first-order valence-corrected chi connectivity index (χ1v) is 6.04. The molecule has 0 aliphatic carbocycles. The second-order valence-corrected chi connectivity index (χ2v) is 4.27. The number of aryl methyl sites for hydroxylation is 1. The van der Waals surface area contributed by atoms with Crippen molar-refractivity contribution in [2.45, 2.75) is 6.92 Å². The van der Waals surface area contributed by atoms with Gasteiger partial charge in [0.2, 0.25) is 0 Å². The van der Waals surface area contributed by atoms with Gasteiger partial charge >= 0.3 is 0 Å². The molecule has 1 amide bonds. The summed E-state index contributed by atoms with van der Waals surface area (Å²) in [5.41, 5.74) is 1.17. The van der Waals surface area contributed by atoms with Gasteiger partial charge in [-0.25, -0.2) is 4.98 Å². The molecule has 0 radical (unpaired) electrons. The van der Waals surface area contributed by atoms with E-state index in [1.807, 2.05) is 13.0 Å². The van der Waals surface area contributed by atoms with E-state index in [1.54, 1.807) is 19.3 Å². The summed E-state index contributed by atoms with van der Waals surface area (Å²) < 4.78 is 1.39. The van der Waals surface area contributed by atoms with Crippen LogP contribution in [0.4, 0.5) is 0 Å². The highest BCUT2D eigenvalue weighted by molar-refractivity contribution is 5.93. The largest absolute Gasteiger partial charge is 0.351 e. The van der Waals surface area contributed by atoms with E-state index in [0.29, 0.717) is 18.7 Å². The van der Waals surface area contributed by atoms with Crippen LogP contribution in [0.15, 0.2) is 29.3 Å². The second kappa shape index (κ2) is 7.02. The molecule has 0 saturated heterocycles. The van der Waals surface area contributed by atoms with E-state index < -0.39 is 5.91 Å². The fourth-order valence-corrected chi connectivity index (χ4v) is 1.73. The van der Waals surface area contributed by atoms with Gasteiger partial charge < -0.3 is 10.6 Å². The van der Waals surface area contributed by atoms with Crippen LogP contribution in [-0.2, 0) is 0 Å².